The molecular formula is C17H17N5O2. The van der Waals surface area contributed by atoms with Crippen LogP contribution in [0.25, 0.3) is 5.65 Å². The minimum atomic E-state index is -0.209. The molecule has 1 unspecified atom stereocenters. The molecule has 0 aliphatic carbocycles. The van der Waals surface area contributed by atoms with Gasteiger partial charge in [-0.05, 0) is 19.1 Å². The number of ether oxygens (including phenoxy) is 1. The van der Waals surface area contributed by atoms with Gasteiger partial charge in [0.2, 0.25) is 0 Å². The number of nitrogens with zero attached hydrogens (tertiary/aromatic N) is 3. The molecule has 7 nitrogen and oxygen atoms in total. The van der Waals surface area contributed by atoms with E-state index in [1.54, 1.807) is 10.7 Å². The first kappa shape index (κ1) is 14.5. The van der Waals surface area contributed by atoms with Crippen LogP contribution in [0.15, 0.2) is 42.7 Å². The molecule has 1 aliphatic heterocycles. The molecule has 0 fully saturated rings. The molecule has 2 N–H and O–H groups in total. The largest absolute Gasteiger partial charge is 0.491 e. The van der Waals surface area contributed by atoms with Crippen molar-refractivity contribution in [3.05, 3.63) is 53.9 Å². The van der Waals surface area contributed by atoms with E-state index in [9.17, 15) is 4.79 Å². The molecule has 2 bridgehead atoms. The number of carbonyl (C=O) groups excluding carboxylic acids is 1. The Labute approximate surface area is 138 Å². The highest BCUT2D eigenvalue weighted by atomic mass is 16.5. The molecule has 122 valence electrons. The highest BCUT2D eigenvalue weighted by Gasteiger charge is 2.17. The molecule has 3 aromatic rings. The summed E-state index contributed by atoms with van der Waals surface area (Å²) in [4.78, 5) is 16.9. The van der Waals surface area contributed by atoms with Gasteiger partial charge >= 0.3 is 0 Å². The smallest absolute Gasteiger partial charge is 0.256 e. The van der Waals surface area contributed by atoms with Gasteiger partial charge in [0.05, 0.1) is 18.8 Å². The SMILES string of the molecule is CC1Nc2ccn3ncc(c3n2)C(=O)NCCOc2ccccc21. The molecule has 1 amide bonds. The van der Waals surface area contributed by atoms with Gasteiger partial charge in [0.1, 0.15) is 23.7 Å². The number of anilines is 1. The number of hydrogen-bond acceptors (Lipinski definition) is 5. The van der Waals surface area contributed by atoms with Crippen molar-refractivity contribution in [2.45, 2.75) is 13.0 Å². The first-order chi connectivity index (χ1) is 11.7. The zero-order chi connectivity index (χ0) is 16.5. The average molecular weight is 323 g/mol. The molecule has 1 aliphatic rings. The first-order valence-corrected chi connectivity index (χ1v) is 7.83. The summed E-state index contributed by atoms with van der Waals surface area (Å²) in [5, 5.41) is 10.4. The van der Waals surface area contributed by atoms with E-state index >= 15 is 0 Å². The second-order valence-corrected chi connectivity index (χ2v) is 5.65. The molecule has 7 heteroatoms. The van der Waals surface area contributed by atoms with Gasteiger partial charge in [-0.1, -0.05) is 18.2 Å². The molecule has 3 heterocycles. The predicted octanol–water partition coefficient (Wildman–Crippen LogP) is 2.02. The van der Waals surface area contributed by atoms with Gasteiger partial charge in [-0.3, -0.25) is 4.79 Å². The van der Waals surface area contributed by atoms with Crippen molar-refractivity contribution in [2.75, 3.05) is 18.5 Å². The van der Waals surface area contributed by atoms with Gasteiger partial charge in [0.15, 0.2) is 5.65 Å². The highest BCUT2D eigenvalue weighted by molar-refractivity contribution is 5.99. The second-order valence-electron chi connectivity index (χ2n) is 5.65. The van der Waals surface area contributed by atoms with E-state index in [1.807, 2.05) is 30.3 Å². The summed E-state index contributed by atoms with van der Waals surface area (Å²) in [7, 11) is 0. The minimum absolute atomic E-state index is 0.00642. The molecule has 2 aromatic heterocycles. The van der Waals surface area contributed by atoms with Crippen LogP contribution in [0.2, 0.25) is 0 Å². The van der Waals surface area contributed by atoms with E-state index < -0.39 is 0 Å². The lowest BCUT2D eigenvalue weighted by atomic mass is 10.1. The van der Waals surface area contributed by atoms with Crippen molar-refractivity contribution in [3.8, 4) is 5.75 Å². The topological polar surface area (TPSA) is 80.5 Å². The fourth-order valence-electron chi connectivity index (χ4n) is 2.80. The quantitative estimate of drug-likeness (QED) is 0.661. The van der Waals surface area contributed by atoms with Crippen LogP contribution < -0.4 is 15.4 Å². The number of hydrogen-bond donors (Lipinski definition) is 2. The normalized spacial score (nSPS) is 17.7. The van der Waals surface area contributed by atoms with Gasteiger partial charge in [-0.15, -0.1) is 0 Å². The maximum atomic E-state index is 12.3. The molecule has 0 radical (unpaired) electrons. The van der Waals surface area contributed by atoms with Gasteiger partial charge in [0.25, 0.3) is 5.91 Å². The number of aromatic nitrogens is 3. The Bertz CT molecular complexity index is 905. The lowest BCUT2D eigenvalue weighted by molar-refractivity contribution is 0.0948. The third-order valence-electron chi connectivity index (χ3n) is 4.01. The standard InChI is InChI=1S/C17H17N5O2/c1-11-12-4-2-3-5-14(12)24-9-7-18-17(23)13-10-19-22-8-6-15(20-11)21-16(13)22/h2-6,8,10-11H,7,9H2,1H3,(H,18,23)(H,20,21). The van der Waals surface area contributed by atoms with Crippen LogP contribution in [-0.4, -0.2) is 33.7 Å². The number of nitrogens with one attached hydrogen (secondary N) is 2. The van der Waals surface area contributed by atoms with E-state index in [-0.39, 0.29) is 11.9 Å². The lowest BCUT2D eigenvalue weighted by Gasteiger charge is -2.18. The Morgan fingerprint density at radius 3 is 3.08 bits per heavy atom. The Morgan fingerprint density at radius 1 is 1.29 bits per heavy atom. The van der Waals surface area contributed by atoms with Gasteiger partial charge < -0.3 is 15.4 Å². The maximum Gasteiger partial charge on any atom is 0.256 e. The summed E-state index contributed by atoms with van der Waals surface area (Å²) >= 11 is 0. The van der Waals surface area contributed by atoms with E-state index in [4.69, 9.17) is 4.74 Å². The van der Waals surface area contributed by atoms with Crippen LogP contribution in [0.1, 0.15) is 28.9 Å². The van der Waals surface area contributed by atoms with Crippen LogP contribution in [0.5, 0.6) is 5.75 Å². The molecule has 0 spiro atoms. The van der Waals surface area contributed by atoms with Crippen molar-refractivity contribution in [3.63, 3.8) is 0 Å². The summed E-state index contributed by atoms with van der Waals surface area (Å²) in [6, 6.07) is 9.71. The maximum absolute atomic E-state index is 12.3. The molecule has 1 aromatic carbocycles. The van der Waals surface area contributed by atoms with E-state index in [2.05, 4.69) is 27.6 Å². The van der Waals surface area contributed by atoms with Gasteiger partial charge in [-0.2, -0.15) is 5.10 Å². The van der Waals surface area contributed by atoms with Crippen molar-refractivity contribution in [1.29, 1.82) is 0 Å². The summed E-state index contributed by atoms with van der Waals surface area (Å²) in [5.74, 6) is 1.27. The number of carbonyl (C=O) groups is 1. The molecule has 4 rings (SSSR count). The zero-order valence-electron chi connectivity index (χ0n) is 13.2. The number of benzene rings is 1. The number of para-hydroxylation sites is 1. The fourth-order valence-corrected chi connectivity index (χ4v) is 2.80. The zero-order valence-corrected chi connectivity index (χ0v) is 13.2. The third kappa shape index (κ3) is 2.54. The number of rotatable bonds is 0. The van der Waals surface area contributed by atoms with Gasteiger partial charge in [0, 0.05) is 11.8 Å². The number of fused-ring (bicyclic) bond motifs is 2. The van der Waals surface area contributed by atoms with E-state index in [0.29, 0.717) is 30.2 Å². The Morgan fingerprint density at radius 2 is 2.17 bits per heavy atom. The monoisotopic (exact) mass is 323 g/mol. The van der Waals surface area contributed by atoms with Crippen LogP contribution in [-0.2, 0) is 0 Å². The Balaban J connectivity index is 1.79. The van der Waals surface area contributed by atoms with Gasteiger partial charge in [-0.25, -0.2) is 9.50 Å². The van der Waals surface area contributed by atoms with Crippen LogP contribution in [0.3, 0.4) is 0 Å². The van der Waals surface area contributed by atoms with Crippen LogP contribution in [0, 0.1) is 0 Å². The van der Waals surface area contributed by atoms with Crippen molar-refractivity contribution >= 4 is 17.4 Å². The van der Waals surface area contributed by atoms with Crippen LogP contribution >= 0.6 is 0 Å². The predicted molar refractivity (Wildman–Crippen MR) is 89.3 cm³/mol. The molecular weight excluding hydrogens is 306 g/mol. The second kappa shape index (κ2) is 5.84. The van der Waals surface area contributed by atoms with Crippen molar-refractivity contribution < 1.29 is 9.53 Å². The number of amides is 1. The lowest BCUT2D eigenvalue weighted by Crippen LogP contribution is -2.28. The molecule has 1 atom stereocenters. The Kier molecular flexibility index (Phi) is 3.53. The molecule has 0 saturated heterocycles. The highest BCUT2D eigenvalue weighted by Crippen LogP contribution is 2.27. The third-order valence-corrected chi connectivity index (χ3v) is 4.01. The Hall–Kier alpha value is -3.09. The molecule has 0 saturated carbocycles. The molecule has 24 heavy (non-hydrogen) atoms. The summed E-state index contributed by atoms with van der Waals surface area (Å²) < 4.78 is 7.43. The van der Waals surface area contributed by atoms with Crippen molar-refractivity contribution in [1.82, 2.24) is 19.9 Å². The average Bonchev–Trinajstić information content (AvgIpc) is 3.01. The fraction of sp³-hybridized carbons (Fsp3) is 0.235. The van der Waals surface area contributed by atoms with E-state index in [0.717, 1.165) is 11.3 Å². The van der Waals surface area contributed by atoms with E-state index in [1.165, 1.54) is 6.20 Å². The summed E-state index contributed by atoms with van der Waals surface area (Å²) in [6.07, 6.45) is 3.32. The summed E-state index contributed by atoms with van der Waals surface area (Å²) in [5.41, 5.74) is 2.01. The van der Waals surface area contributed by atoms with Crippen molar-refractivity contribution in [2.24, 2.45) is 0 Å². The summed E-state index contributed by atoms with van der Waals surface area (Å²) in [6.45, 7) is 2.85. The minimum Gasteiger partial charge on any atom is -0.491 e. The van der Waals surface area contributed by atoms with Crippen LogP contribution in [0.4, 0.5) is 5.82 Å². The first-order valence-electron chi connectivity index (χ1n) is 7.83.